The first-order chi connectivity index (χ1) is 10.4. The Morgan fingerprint density at radius 1 is 1.32 bits per heavy atom. The maximum atomic E-state index is 11.9. The molecular formula is C15H24N6O. The highest BCUT2D eigenvalue weighted by atomic mass is 16.1. The van der Waals surface area contributed by atoms with Crippen LogP contribution < -0.4 is 11.1 Å². The zero-order valence-electron chi connectivity index (χ0n) is 13.7. The highest BCUT2D eigenvalue weighted by Gasteiger charge is 2.13. The van der Waals surface area contributed by atoms with Gasteiger partial charge in [0.15, 0.2) is 0 Å². The van der Waals surface area contributed by atoms with Crippen LogP contribution in [0, 0.1) is 19.8 Å². The summed E-state index contributed by atoms with van der Waals surface area (Å²) in [5, 5.41) is 7.08. The van der Waals surface area contributed by atoms with Crippen molar-refractivity contribution in [2.24, 2.45) is 5.92 Å². The summed E-state index contributed by atoms with van der Waals surface area (Å²) in [5.74, 6) is 1.36. The maximum Gasteiger partial charge on any atom is 0.254 e. The normalized spacial score (nSPS) is 11.3. The zero-order chi connectivity index (χ0) is 16.3. The number of carbonyl (C=O) groups is 1. The maximum absolute atomic E-state index is 11.9. The summed E-state index contributed by atoms with van der Waals surface area (Å²) >= 11 is 0. The van der Waals surface area contributed by atoms with Crippen LogP contribution in [0.4, 0.5) is 5.95 Å². The van der Waals surface area contributed by atoms with Gasteiger partial charge >= 0.3 is 0 Å². The van der Waals surface area contributed by atoms with E-state index in [-0.39, 0.29) is 11.9 Å². The summed E-state index contributed by atoms with van der Waals surface area (Å²) in [5.41, 5.74) is 8.44. The summed E-state index contributed by atoms with van der Waals surface area (Å²) in [6.07, 6.45) is 2.07. The number of anilines is 1. The second-order valence-electron chi connectivity index (χ2n) is 5.98. The zero-order valence-corrected chi connectivity index (χ0v) is 13.7. The highest BCUT2D eigenvalue weighted by Crippen LogP contribution is 2.16. The number of carbonyl (C=O) groups excluding carboxylic acids is 1. The summed E-state index contributed by atoms with van der Waals surface area (Å²) in [6, 6.07) is 0. The molecule has 0 aliphatic rings. The minimum Gasteiger partial charge on any atom is -0.366 e. The molecule has 3 N–H and O–H groups in total. The third-order valence-electron chi connectivity index (χ3n) is 3.71. The van der Waals surface area contributed by atoms with E-state index < -0.39 is 0 Å². The molecule has 2 rings (SSSR count). The molecule has 120 valence electrons. The van der Waals surface area contributed by atoms with Crippen LogP contribution in [0.3, 0.4) is 0 Å². The van der Waals surface area contributed by atoms with Gasteiger partial charge in [-0.15, -0.1) is 5.10 Å². The molecule has 22 heavy (non-hydrogen) atoms. The van der Waals surface area contributed by atoms with Crippen LogP contribution >= 0.6 is 0 Å². The van der Waals surface area contributed by atoms with Crippen LogP contribution in [-0.2, 0) is 11.2 Å². The van der Waals surface area contributed by atoms with Crippen molar-refractivity contribution in [3.63, 3.8) is 0 Å². The first kappa shape index (κ1) is 16.2. The fourth-order valence-electron chi connectivity index (χ4n) is 2.41. The van der Waals surface area contributed by atoms with Crippen molar-refractivity contribution >= 4 is 17.6 Å². The molecular weight excluding hydrogens is 280 g/mol. The van der Waals surface area contributed by atoms with E-state index >= 15 is 0 Å². The Morgan fingerprint density at radius 2 is 2.05 bits per heavy atom. The van der Waals surface area contributed by atoms with Gasteiger partial charge in [0.1, 0.15) is 0 Å². The minimum atomic E-state index is 0.0673. The van der Waals surface area contributed by atoms with Crippen molar-refractivity contribution in [1.82, 2.24) is 24.9 Å². The van der Waals surface area contributed by atoms with Crippen LogP contribution in [-0.4, -0.2) is 32.0 Å². The summed E-state index contributed by atoms with van der Waals surface area (Å²) < 4.78 is 1.63. The summed E-state index contributed by atoms with van der Waals surface area (Å²) in [4.78, 5) is 20.4. The van der Waals surface area contributed by atoms with E-state index in [9.17, 15) is 4.79 Å². The molecule has 0 spiro atoms. The van der Waals surface area contributed by atoms with Crippen molar-refractivity contribution in [1.29, 1.82) is 0 Å². The third kappa shape index (κ3) is 3.72. The molecule has 0 saturated heterocycles. The number of rotatable bonds is 6. The van der Waals surface area contributed by atoms with E-state index in [4.69, 9.17) is 5.73 Å². The number of hydrogen-bond acceptors (Lipinski definition) is 5. The molecule has 0 aliphatic carbocycles. The lowest BCUT2D eigenvalue weighted by atomic mass is 10.1. The van der Waals surface area contributed by atoms with Gasteiger partial charge in [0.25, 0.3) is 5.78 Å². The molecule has 0 aromatic carbocycles. The number of nitrogens with zero attached hydrogens (tertiary/aromatic N) is 4. The van der Waals surface area contributed by atoms with Gasteiger partial charge in [-0.1, -0.05) is 13.8 Å². The fraction of sp³-hybridized carbons (Fsp3) is 0.600. The molecule has 0 radical (unpaired) electrons. The molecule has 7 nitrogen and oxygen atoms in total. The molecule has 0 bridgehead atoms. The first-order valence-electron chi connectivity index (χ1n) is 7.63. The SMILES string of the molecule is Cc1nc2nc(N)nn2c(C)c1CCC(=O)NCCC(C)C. The predicted molar refractivity (Wildman–Crippen MR) is 85.5 cm³/mol. The lowest BCUT2D eigenvalue weighted by Gasteiger charge is -2.11. The Labute approximate surface area is 130 Å². The molecule has 2 aromatic heterocycles. The second kappa shape index (κ2) is 6.72. The molecule has 7 heteroatoms. The average Bonchev–Trinajstić information content (AvgIpc) is 2.78. The topological polar surface area (TPSA) is 98.2 Å². The molecule has 1 amide bonds. The highest BCUT2D eigenvalue weighted by molar-refractivity contribution is 5.76. The van der Waals surface area contributed by atoms with Crippen LogP contribution in [0.2, 0.25) is 0 Å². The van der Waals surface area contributed by atoms with Crippen LogP contribution in [0.15, 0.2) is 0 Å². The van der Waals surface area contributed by atoms with E-state index in [1.165, 1.54) is 0 Å². The number of nitrogens with one attached hydrogen (secondary N) is 1. The van der Waals surface area contributed by atoms with Crippen molar-refractivity contribution in [2.75, 3.05) is 12.3 Å². The first-order valence-corrected chi connectivity index (χ1v) is 7.63. The lowest BCUT2D eigenvalue weighted by molar-refractivity contribution is -0.121. The largest absolute Gasteiger partial charge is 0.366 e. The molecule has 0 saturated carbocycles. The summed E-state index contributed by atoms with van der Waals surface area (Å²) in [7, 11) is 0. The fourth-order valence-corrected chi connectivity index (χ4v) is 2.41. The van der Waals surface area contributed by atoms with Gasteiger partial charge < -0.3 is 11.1 Å². The number of nitrogen functional groups attached to an aromatic ring is 1. The molecule has 2 heterocycles. The van der Waals surface area contributed by atoms with Crippen molar-refractivity contribution in [2.45, 2.75) is 47.0 Å². The average molecular weight is 304 g/mol. The van der Waals surface area contributed by atoms with E-state index in [1.807, 2.05) is 13.8 Å². The monoisotopic (exact) mass is 304 g/mol. The quantitative estimate of drug-likeness (QED) is 0.841. The van der Waals surface area contributed by atoms with E-state index in [0.29, 0.717) is 24.5 Å². The van der Waals surface area contributed by atoms with Gasteiger partial charge in [0.2, 0.25) is 11.9 Å². The van der Waals surface area contributed by atoms with Crippen LogP contribution in [0.25, 0.3) is 5.78 Å². The smallest absolute Gasteiger partial charge is 0.254 e. The van der Waals surface area contributed by atoms with Crippen molar-refractivity contribution < 1.29 is 4.79 Å². The lowest BCUT2D eigenvalue weighted by Crippen LogP contribution is -2.25. The Hall–Kier alpha value is -2.18. The number of amides is 1. The molecule has 0 aliphatic heterocycles. The van der Waals surface area contributed by atoms with E-state index in [2.05, 4.69) is 34.2 Å². The Bertz CT molecular complexity index is 676. The van der Waals surface area contributed by atoms with Gasteiger partial charge in [-0.25, -0.2) is 4.98 Å². The number of fused-ring (bicyclic) bond motifs is 1. The van der Waals surface area contributed by atoms with Crippen LogP contribution in [0.5, 0.6) is 0 Å². The van der Waals surface area contributed by atoms with Gasteiger partial charge in [-0.3, -0.25) is 4.79 Å². The van der Waals surface area contributed by atoms with Crippen LogP contribution in [0.1, 0.15) is 43.6 Å². The minimum absolute atomic E-state index is 0.0673. The Kier molecular flexibility index (Phi) is 4.95. The van der Waals surface area contributed by atoms with Gasteiger partial charge in [-0.05, 0) is 38.2 Å². The summed E-state index contributed by atoms with van der Waals surface area (Å²) in [6.45, 7) is 8.88. The van der Waals surface area contributed by atoms with Gasteiger partial charge in [0, 0.05) is 24.4 Å². The molecule has 0 unspecified atom stereocenters. The predicted octanol–water partition coefficient (Wildman–Crippen LogP) is 1.42. The Balaban J connectivity index is 2.03. The van der Waals surface area contributed by atoms with Crippen molar-refractivity contribution in [3.05, 3.63) is 17.0 Å². The number of hydrogen-bond donors (Lipinski definition) is 2. The van der Waals surface area contributed by atoms with Crippen molar-refractivity contribution in [3.8, 4) is 0 Å². The number of nitrogens with two attached hydrogens (primary N) is 1. The molecule has 2 aromatic rings. The Morgan fingerprint density at radius 3 is 2.73 bits per heavy atom. The number of aryl methyl sites for hydroxylation is 2. The third-order valence-corrected chi connectivity index (χ3v) is 3.71. The van der Waals surface area contributed by atoms with E-state index in [0.717, 1.165) is 29.9 Å². The molecule has 0 fully saturated rings. The van der Waals surface area contributed by atoms with E-state index in [1.54, 1.807) is 4.52 Å². The standard InChI is InChI=1S/C15H24N6O/c1-9(2)7-8-17-13(22)6-5-12-10(3)18-15-19-14(16)20-21(15)11(12)4/h9H,5-8H2,1-4H3,(H2,16,20)(H,17,22). The number of aromatic nitrogens is 4. The van der Waals surface area contributed by atoms with Gasteiger partial charge in [-0.2, -0.15) is 9.50 Å². The molecule has 0 atom stereocenters. The van der Waals surface area contributed by atoms with Gasteiger partial charge in [0.05, 0.1) is 0 Å². The second-order valence-corrected chi connectivity index (χ2v) is 5.98.